The van der Waals surface area contributed by atoms with Gasteiger partial charge in [0.2, 0.25) is 0 Å². The lowest BCUT2D eigenvalue weighted by molar-refractivity contribution is 0.0993. The molecule has 0 atom stereocenters. The number of hydrogen-bond donors (Lipinski definition) is 0. The second-order valence-electron chi connectivity index (χ2n) is 4.30. The monoisotopic (exact) mass is 322 g/mol. The lowest BCUT2D eigenvalue weighted by Crippen LogP contribution is -2.03. The second kappa shape index (κ2) is 5.81. The molecule has 1 heterocycles. The number of benzene rings is 1. The van der Waals surface area contributed by atoms with E-state index in [1.165, 1.54) is 4.88 Å². The molecule has 0 radical (unpaired) electrons. The summed E-state index contributed by atoms with van der Waals surface area (Å²) >= 11 is 5.19. The Hall–Kier alpha value is -0.930. The number of thiophene rings is 1. The predicted octanol–water partition coefficient (Wildman–Crippen LogP) is 4.81. The smallest absolute Gasteiger partial charge is 0.169 e. The van der Waals surface area contributed by atoms with E-state index in [2.05, 4.69) is 35.0 Å². The van der Waals surface area contributed by atoms with Gasteiger partial charge in [0.25, 0.3) is 0 Å². The molecule has 0 bridgehead atoms. The third-order valence-corrected chi connectivity index (χ3v) is 4.71. The van der Waals surface area contributed by atoms with Crippen LogP contribution in [0.4, 0.5) is 0 Å². The molecule has 2 aromatic rings. The summed E-state index contributed by atoms with van der Waals surface area (Å²) in [6.45, 7) is 4.15. The molecule has 0 amide bonds. The highest BCUT2D eigenvalue weighted by atomic mass is 79.9. The Kier molecular flexibility index (Phi) is 4.36. The highest BCUT2D eigenvalue weighted by Crippen LogP contribution is 2.23. The van der Waals surface area contributed by atoms with Crippen LogP contribution in [0.5, 0.6) is 0 Å². The van der Waals surface area contributed by atoms with Crippen LogP contribution in [0.2, 0.25) is 0 Å². The third kappa shape index (κ3) is 3.09. The molecule has 3 heteroatoms. The minimum atomic E-state index is 0.173. The fourth-order valence-corrected chi connectivity index (χ4v) is 3.48. The van der Waals surface area contributed by atoms with Crippen LogP contribution in [-0.2, 0) is 12.8 Å². The number of ketones is 1. The number of hydrogen-bond acceptors (Lipinski definition) is 2. The van der Waals surface area contributed by atoms with Gasteiger partial charge in [-0.2, -0.15) is 0 Å². The maximum absolute atomic E-state index is 12.2. The molecule has 0 saturated heterocycles. The predicted molar refractivity (Wildman–Crippen MR) is 80.6 cm³/mol. The van der Waals surface area contributed by atoms with Gasteiger partial charge < -0.3 is 0 Å². The number of rotatable bonds is 4. The van der Waals surface area contributed by atoms with Gasteiger partial charge in [0.15, 0.2) is 5.78 Å². The van der Waals surface area contributed by atoms with Crippen molar-refractivity contribution in [1.29, 1.82) is 0 Å². The van der Waals surface area contributed by atoms with E-state index in [1.807, 2.05) is 25.1 Å². The Balaban J connectivity index is 2.16. The molecule has 0 aliphatic heterocycles. The van der Waals surface area contributed by atoms with Crippen LogP contribution in [0.15, 0.2) is 34.8 Å². The maximum atomic E-state index is 12.2. The first-order valence-corrected chi connectivity index (χ1v) is 7.58. The summed E-state index contributed by atoms with van der Waals surface area (Å²) in [6.07, 6.45) is 1.53. The Morgan fingerprint density at radius 2 is 1.94 bits per heavy atom. The van der Waals surface area contributed by atoms with Crippen molar-refractivity contribution in [3.63, 3.8) is 0 Å². The standard InChI is InChI=1S/C15H15BrOS/c1-3-11-5-6-12(18-11)9-15(17)13-7-4-10(2)8-14(13)16/h4-8H,3,9H2,1-2H3. The van der Waals surface area contributed by atoms with E-state index >= 15 is 0 Å². The zero-order chi connectivity index (χ0) is 13.1. The fraction of sp³-hybridized carbons (Fsp3) is 0.267. The number of carbonyl (C=O) groups is 1. The number of carbonyl (C=O) groups excluding carboxylic acids is 1. The summed E-state index contributed by atoms with van der Waals surface area (Å²) in [5.41, 5.74) is 1.93. The number of aryl methyl sites for hydroxylation is 2. The molecule has 0 N–H and O–H groups in total. The van der Waals surface area contributed by atoms with Gasteiger partial charge in [-0.3, -0.25) is 4.79 Å². The second-order valence-corrected chi connectivity index (χ2v) is 6.41. The van der Waals surface area contributed by atoms with Crippen molar-refractivity contribution in [1.82, 2.24) is 0 Å². The van der Waals surface area contributed by atoms with E-state index in [0.29, 0.717) is 6.42 Å². The summed E-state index contributed by atoms with van der Waals surface area (Å²) in [7, 11) is 0. The molecule has 18 heavy (non-hydrogen) atoms. The first kappa shape index (κ1) is 13.5. The average molecular weight is 323 g/mol. The van der Waals surface area contributed by atoms with Crippen LogP contribution in [0.25, 0.3) is 0 Å². The number of Topliss-reactive ketones (excluding diaryl/α,β-unsaturated/α-hetero) is 1. The van der Waals surface area contributed by atoms with Gasteiger partial charge in [-0.15, -0.1) is 11.3 Å². The highest BCUT2D eigenvalue weighted by molar-refractivity contribution is 9.10. The van der Waals surface area contributed by atoms with E-state index in [1.54, 1.807) is 11.3 Å². The SMILES string of the molecule is CCc1ccc(CC(=O)c2ccc(C)cc2Br)s1. The van der Waals surface area contributed by atoms with Crippen molar-refractivity contribution >= 4 is 33.0 Å². The van der Waals surface area contributed by atoms with Crippen molar-refractivity contribution in [3.05, 3.63) is 55.7 Å². The molecule has 1 nitrogen and oxygen atoms in total. The molecule has 0 fully saturated rings. The molecule has 0 unspecified atom stereocenters. The Morgan fingerprint density at radius 3 is 2.56 bits per heavy atom. The molecule has 1 aromatic heterocycles. The first-order chi connectivity index (χ1) is 8.60. The Bertz CT molecular complexity index is 572. The van der Waals surface area contributed by atoms with E-state index in [-0.39, 0.29) is 5.78 Å². The van der Waals surface area contributed by atoms with Crippen molar-refractivity contribution in [2.45, 2.75) is 26.7 Å². The summed E-state index contributed by atoms with van der Waals surface area (Å²) in [6, 6.07) is 10.0. The summed E-state index contributed by atoms with van der Waals surface area (Å²) in [4.78, 5) is 14.7. The van der Waals surface area contributed by atoms with Gasteiger partial charge in [-0.1, -0.05) is 28.9 Å². The molecular formula is C15H15BrOS. The molecule has 0 aliphatic carbocycles. The van der Waals surface area contributed by atoms with Gasteiger partial charge in [-0.05, 0) is 43.2 Å². The van der Waals surface area contributed by atoms with Crippen LogP contribution in [-0.4, -0.2) is 5.78 Å². The van der Waals surface area contributed by atoms with Crippen molar-refractivity contribution in [2.75, 3.05) is 0 Å². The normalized spacial score (nSPS) is 10.6. The fourth-order valence-electron chi connectivity index (χ4n) is 1.81. The third-order valence-electron chi connectivity index (χ3n) is 2.83. The lowest BCUT2D eigenvalue weighted by atomic mass is 10.1. The minimum absolute atomic E-state index is 0.173. The topological polar surface area (TPSA) is 17.1 Å². The van der Waals surface area contributed by atoms with Gasteiger partial charge in [-0.25, -0.2) is 0 Å². The van der Waals surface area contributed by atoms with Crippen molar-refractivity contribution in [2.24, 2.45) is 0 Å². The molecule has 0 saturated carbocycles. The zero-order valence-corrected chi connectivity index (χ0v) is 12.9. The van der Waals surface area contributed by atoms with Crippen LogP contribution >= 0.6 is 27.3 Å². The van der Waals surface area contributed by atoms with Crippen LogP contribution in [0.1, 0.15) is 32.6 Å². The molecule has 0 aliphatic rings. The van der Waals surface area contributed by atoms with Gasteiger partial charge >= 0.3 is 0 Å². The summed E-state index contributed by atoms with van der Waals surface area (Å²) in [5, 5.41) is 0. The van der Waals surface area contributed by atoms with Crippen LogP contribution in [0.3, 0.4) is 0 Å². The highest BCUT2D eigenvalue weighted by Gasteiger charge is 2.12. The Morgan fingerprint density at radius 1 is 1.22 bits per heavy atom. The Labute approximate surface area is 120 Å². The zero-order valence-electron chi connectivity index (χ0n) is 10.5. The number of halogens is 1. The molecule has 94 valence electrons. The average Bonchev–Trinajstić information content (AvgIpc) is 2.76. The van der Waals surface area contributed by atoms with Gasteiger partial charge in [0, 0.05) is 26.2 Å². The van der Waals surface area contributed by atoms with Crippen LogP contribution < -0.4 is 0 Å². The molecular weight excluding hydrogens is 308 g/mol. The maximum Gasteiger partial charge on any atom is 0.169 e. The van der Waals surface area contributed by atoms with Crippen LogP contribution in [0, 0.1) is 6.92 Å². The largest absolute Gasteiger partial charge is 0.294 e. The van der Waals surface area contributed by atoms with Gasteiger partial charge in [0.1, 0.15) is 0 Å². The summed E-state index contributed by atoms with van der Waals surface area (Å²) in [5.74, 6) is 0.173. The van der Waals surface area contributed by atoms with Crippen molar-refractivity contribution in [3.8, 4) is 0 Å². The van der Waals surface area contributed by atoms with Gasteiger partial charge in [0.05, 0.1) is 0 Å². The van der Waals surface area contributed by atoms with E-state index in [4.69, 9.17) is 0 Å². The summed E-state index contributed by atoms with van der Waals surface area (Å²) < 4.78 is 0.889. The van der Waals surface area contributed by atoms with E-state index in [9.17, 15) is 4.79 Å². The van der Waals surface area contributed by atoms with E-state index < -0.39 is 0 Å². The lowest BCUT2D eigenvalue weighted by Gasteiger charge is -2.03. The molecule has 1 aromatic carbocycles. The first-order valence-electron chi connectivity index (χ1n) is 5.97. The van der Waals surface area contributed by atoms with E-state index in [0.717, 1.165) is 26.9 Å². The van der Waals surface area contributed by atoms with Crippen molar-refractivity contribution < 1.29 is 4.79 Å². The molecule has 2 rings (SSSR count). The minimum Gasteiger partial charge on any atom is -0.294 e. The quantitative estimate of drug-likeness (QED) is 0.738. The molecule has 0 spiro atoms.